The molecule has 3 atom stereocenters. The Morgan fingerprint density at radius 2 is 2.18 bits per heavy atom. The number of nitrogens with one attached hydrogen (secondary N) is 1. The normalized spacial score (nSPS) is 23.9. The molecule has 3 heterocycles. The second-order valence-electron chi connectivity index (χ2n) is 7.39. The number of thioether (sulfide) groups is 1. The van der Waals surface area contributed by atoms with Gasteiger partial charge in [0.05, 0.1) is 0 Å². The number of hydrogen-bond acceptors (Lipinski definition) is 11. The smallest absolute Gasteiger partial charge is 0.404 e. The Morgan fingerprint density at radius 1 is 1.38 bits per heavy atom. The highest BCUT2D eigenvalue weighted by molar-refractivity contribution is 8.00. The van der Waals surface area contributed by atoms with Crippen LogP contribution in [0.2, 0.25) is 0 Å². The number of fused-ring (bicyclic) bond motifs is 1. The number of rotatable bonds is 8. The van der Waals surface area contributed by atoms with Crippen LogP contribution < -0.4 is 16.8 Å². The molecule has 0 spiro atoms. The number of oxime groups is 1. The first kappa shape index (κ1) is 23.6. The second-order valence-corrected chi connectivity index (χ2v) is 9.38. The largest absolute Gasteiger partial charge is 0.477 e. The van der Waals surface area contributed by atoms with Crippen molar-refractivity contribution in [1.29, 1.82) is 0 Å². The zero-order valence-corrected chi connectivity index (χ0v) is 19.1. The first-order valence-electron chi connectivity index (χ1n) is 10.0. The number of nitrogens with two attached hydrogens (primary N) is 2. The second kappa shape index (κ2) is 9.72. The van der Waals surface area contributed by atoms with Gasteiger partial charge in [-0.25, -0.2) is 14.6 Å². The molecule has 2 aliphatic heterocycles. The fourth-order valence-corrected chi connectivity index (χ4v) is 5.45. The minimum atomic E-state index is -1.36. The third-order valence-corrected chi connectivity index (χ3v) is 7.17. The average Bonchev–Trinajstić information content (AvgIpc) is 3.47. The number of ether oxygens (including phenoxy) is 1. The van der Waals surface area contributed by atoms with Crippen LogP contribution in [-0.2, 0) is 24.0 Å². The number of thiazole rings is 1. The highest BCUT2D eigenvalue weighted by Crippen LogP contribution is 2.40. The zero-order valence-electron chi connectivity index (χ0n) is 17.5. The van der Waals surface area contributed by atoms with Crippen LogP contribution in [0.1, 0.15) is 18.5 Å². The van der Waals surface area contributed by atoms with Crippen molar-refractivity contribution in [3.8, 4) is 0 Å². The van der Waals surface area contributed by atoms with E-state index in [1.165, 1.54) is 11.8 Å². The van der Waals surface area contributed by atoms with Crippen LogP contribution in [0, 0.1) is 0 Å². The van der Waals surface area contributed by atoms with Crippen LogP contribution in [0.25, 0.3) is 0 Å². The van der Waals surface area contributed by atoms with Crippen molar-refractivity contribution in [2.75, 3.05) is 18.1 Å². The lowest BCUT2D eigenvalue weighted by Gasteiger charge is -2.49. The number of anilines is 1. The Kier molecular flexibility index (Phi) is 6.74. The molecule has 1 aromatic heterocycles. The molecular formula is C19H20N6O7S2. The van der Waals surface area contributed by atoms with E-state index in [1.54, 1.807) is 5.38 Å². The monoisotopic (exact) mass is 508 g/mol. The van der Waals surface area contributed by atoms with Crippen molar-refractivity contribution in [3.05, 3.63) is 34.5 Å². The molecule has 0 aromatic carbocycles. The number of hydrogen-bond donors (Lipinski definition) is 4. The maximum absolute atomic E-state index is 13.0. The van der Waals surface area contributed by atoms with Crippen LogP contribution in [0.3, 0.4) is 0 Å². The first-order chi connectivity index (χ1) is 16.3. The molecule has 1 aliphatic carbocycles. The minimum Gasteiger partial charge on any atom is -0.477 e. The summed E-state index contributed by atoms with van der Waals surface area (Å²) in [7, 11) is 0. The van der Waals surface area contributed by atoms with Gasteiger partial charge in [0, 0.05) is 16.7 Å². The Morgan fingerprint density at radius 3 is 2.79 bits per heavy atom. The fourth-order valence-electron chi connectivity index (χ4n) is 3.58. The summed E-state index contributed by atoms with van der Waals surface area (Å²) in [5.74, 6) is -2.54. The Balaban J connectivity index is 1.51. The maximum Gasteiger partial charge on any atom is 0.404 e. The van der Waals surface area contributed by atoms with Crippen molar-refractivity contribution < 1.29 is 33.9 Å². The van der Waals surface area contributed by atoms with E-state index < -0.39 is 35.3 Å². The van der Waals surface area contributed by atoms with Gasteiger partial charge in [0.15, 0.2) is 10.8 Å². The summed E-state index contributed by atoms with van der Waals surface area (Å²) in [6, 6.07) is -1.00. The predicted octanol–water partition coefficient (Wildman–Crippen LogP) is -0.00150. The summed E-state index contributed by atoms with van der Waals surface area (Å²) in [5.41, 5.74) is 10.6. The third kappa shape index (κ3) is 4.70. The van der Waals surface area contributed by atoms with E-state index in [0.717, 1.165) is 29.1 Å². The summed E-state index contributed by atoms with van der Waals surface area (Å²) >= 11 is 2.33. The van der Waals surface area contributed by atoms with Crippen molar-refractivity contribution >= 4 is 57.8 Å². The molecule has 3 aliphatic rings. The molecule has 1 fully saturated rings. The van der Waals surface area contributed by atoms with E-state index in [2.05, 4.69) is 15.5 Å². The number of carbonyl (C=O) groups excluding carboxylic acids is 3. The standard InChI is InChI=1S/C19H20N6O7S2/c20-18-22-10(7-34-18)11(24-32-9-3-1-2-4-9)14(26)23-12-15(27)25-13(17(28)29)8(5-31-19(21)30)6-33-16(12)25/h1,3,7,9,12,16H,2,4-6H2,(H2,20,22)(H2,21,30)(H,23,26)(H,28,29)/t9?,12?,16-/m0/s1. The number of aliphatic carboxylic acids is 1. The van der Waals surface area contributed by atoms with Gasteiger partial charge in [-0.05, 0) is 18.9 Å². The van der Waals surface area contributed by atoms with E-state index >= 15 is 0 Å². The maximum atomic E-state index is 13.0. The molecule has 180 valence electrons. The molecular weight excluding hydrogens is 488 g/mol. The summed E-state index contributed by atoms with van der Waals surface area (Å²) in [4.78, 5) is 59.1. The molecule has 15 heteroatoms. The molecule has 1 saturated heterocycles. The van der Waals surface area contributed by atoms with Crippen LogP contribution >= 0.6 is 23.1 Å². The van der Waals surface area contributed by atoms with E-state index in [1.807, 2.05) is 12.2 Å². The van der Waals surface area contributed by atoms with E-state index in [0.29, 0.717) is 0 Å². The van der Waals surface area contributed by atoms with Gasteiger partial charge in [0.25, 0.3) is 11.8 Å². The average molecular weight is 509 g/mol. The molecule has 34 heavy (non-hydrogen) atoms. The quantitative estimate of drug-likeness (QED) is 0.160. The van der Waals surface area contributed by atoms with Gasteiger partial charge in [-0.1, -0.05) is 11.2 Å². The molecule has 3 amide bonds. The minimum absolute atomic E-state index is 0.148. The third-order valence-electron chi connectivity index (χ3n) is 5.15. The SMILES string of the molecule is NC(=O)OCC1=C(C(=O)O)N2C(=O)C(NC(=O)C(=NOC3C=CCC3)c3csc(N)n3)[C@@H]2SC1. The number of carbonyl (C=O) groups is 4. The van der Waals surface area contributed by atoms with Crippen LogP contribution in [-0.4, -0.2) is 74.5 Å². The van der Waals surface area contributed by atoms with Gasteiger partial charge in [0.2, 0.25) is 0 Å². The number of nitrogen functional groups attached to an aromatic ring is 1. The number of aromatic nitrogens is 1. The number of amides is 3. The lowest BCUT2D eigenvalue weighted by Crippen LogP contribution is -2.71. The lowest BCUT2D eigenvalue weighted by atomic mass is 10.0. The molecule has 6 N–H and O–H groups in total. The van der Waals surface area contributed by atoms with Crippen molar-refractivity contribution in [1.82, 2.24) is 15.2 Å². The van der Waals surface area contributed by atoms with Gasteiger partial charge in [-0.2, -0.15) is 0 Å². The number of allylic oxidation sites excluding steroid dienone is 1. The molecule has 13 nitrogen and oxygen atoms in total. The van der Waals surface area contributed by atoms with Crippen LogP contribution in [0.5, 0.6) is 0 Å². The first-order valence-corrected chi connectivity index (χ1v) is 11.9. The molecule has 0 radical (unpaired) electrons. The van der Waals surface area contributed by atoms with Gasteiger partial charge in [0.1, 0.15) is 35.5 Å². The van der Waals surface area contributed by atoms with E-state index in [4.69, 9.17) is 21.0 Å². The number of carboxylic acids is 1. The summed E-state index contributed by atoms with van der Waals surface area (Å²) in [5, 5.41) is 17.3. The van der Waals surface area contributed by atoms with Gasteiger partial charge >= 0.3 is 12.1 Å². The topological polar surface area (TPSA) is 200 Å². The predicted molar refractivity (Wildman–Crippen MR) is 122 cm³/mol. The van der Waals surface area contributed by atoms with Crippen LogP contribution in [0.4, 0.5) is 9.93 Å². The van der Waals surface area contributed by atoms with E-state index in [-0.39, 0.29) is 46.3 Å². The van der Waals surface area contributed by atoms with Crippen molar-refractivity contribution in [2.45, 2.75) is 30.4 Å². The van der Waals surface area contributed by atoms with Gasteiger partial charge < -0.3 is 31.5 Å². The number of carboxylic acid groups (broad SMARTS) is 1. The number of β-lactam (4-membered cyclic amide) rings is 1. The summed E-state index contributed by atoms with van der Waals surface area (Å²) in [6.07, 6.45) is 3.99. The molecule has 1 aromatic rings. The molecule has 4 rings (SSSR count). The molecule has 0 bridgehead atoms. The Hall–Kier alpha value is -3.59. The van der Waals surface area contributed by atoms with Crippen molar-refractivity contribution in [2.24, 2.45) is 10.9 Å². The highest BCUT2D eigenvalue weighted by Gasteiger charge is 2.54. The lowest BCUT2D eigenvalue weighted by molar-refractivity contribution is -0.150. The zero-order chi connectivity index (χ0) is 24.4. The fraction of sp³-hybridized carbons (Fsp3) is 0.368. The summed E-state index contributed by atoms with van der Waals surface area (Å²) < 4.78 is 4.69. The van der Waals surface area contributed by atoms with Gasteiger partial charge in [-0.15, -0.1) is 23.1 Å². The van der Waals surface area contributed by atoms with Crippen LogP contribution in [0.15, 0.2) is 34.0 Å². The molecule has 2 unspecified atom stereocenters. The summed E-state index contributed by atoms with van der Waals surface area (Å²) in [6.45, 7) is -0.355. The van der Waals surface area contributed by atoms with Gasteiger partial charge in [-0.3, -0.25) is 14.5 Å². The number of nitrogens with zero attached hydrogens (tertiary/aromatic N) is 3. The Labute approximate surface area is 200 Å². The highest BCUT2D eigenvalue weighted by atomic mass is 32.2. The Bertz CT molecular complexity index is 1130. The van der Waals surface area contributed by atoms with Crippen molar-refractivity contribution in [3.63, 3.8) is 0 Å². The number of primary amides is 1. The van der Waals surface area contributed by atoms with E-state index in [9.17, 15) is 24.3 Å². The molecule has 0 saturated carbocycles.